The van der Waals surface area contributed by atoms with Crippen molar-refractivity contribution in [2.75, 3.05) is 14.2 Å². The number of rotatable bonds is 4. The summed E-state index contributed by atoms with van der Waals surface area (Å²) in [5.74, 6) is -0.699. The van der Waals surface area contributed by atoms with Crippen molar-refractivity contribution < 1.29 is 19.1 Å². The van der Waals surface area contributed by atoms with Crippen LogP contribution < -0.4 is 14.8 Å². The van der Waals surface area contributed by atoms with Gasteiger partial charge in [0.05, 0.1) is 19.8 Å². The second-order valence-electron chi connectivity index (χ2n) is 4.33. The van der Waals surface area contributed by atoms with E-state index < -0.39 is 11.8 Å². The first-order valence-corrected chi connectivity index (χ1v) is 7.11. The molecular weight excluding hydrogens is 343 g/mol. The van der Waals surface area contributed by atoms with Crippen LogP contribution in [0.3, 0.4) is 0 Å². The third kappa shape index (κ3) is 3.91. The summed E-state index contributed by atoms with van der Waals surface area (Å²) in [5.41, 5.74) is 0.275. The summed E-state index contributed by atoms with van der Waals surface area (Å²) in [7, 11) is 2.85. The second kappa shape index (κ2) is 7.30. The zero-order chi connectivity index (χ0) is 17.0. The van der Waals surface area contributed by atoms with E-state index in [2.05, 4.69) is 10.3 Å². The molecule has 2 aromatic rings. The number of nitrogens with zero attached hydrogens (tertiary/aromatic N) is 1. The fourth-order valence-electron chi connectivity index (χ4n) is 1.90. The minimum Gasteiger partial charge on any atom is -0.493 e. The third-order valence-electron chi connectivity index (χ3n) is 2.90. The van der Waals surface area contributed by atoms with Crippen LogP contribution in [0.5, 0.6) is 11.5 Å². The fourth-order valence-corrected chi connectivity index (χ4v) is 2.36. The Labute approximate surface area is 142 Å². The molecular formula is C15H12Cl2N2O4. The van der Waals surface area contributed by atoms with Crippen molar-refractivity contribution in [1.82, 2.24) is 10.3 Å². The van der Waals surface area contributed by atoms with Gasteiger partial charge in [0.25, 0.3) is 11.8 Å². The molecule has 0 saturated heterocycles. The van der Waals surface area contributed by atoms with Gasteiger partial charge in [-0.25, -0.2) is 4.98 Å². The molecule has 2 amide bonds. The number of para-hydroxylation sites is 1. The highest BCUT2D eigenvalue weighted by molar-refractivity contribution is 6.33. The van der Waals surface area contributed by atoms with E-state index in [4.69, 9.17) is 32.7 Å². The first-order chi connectivity index (χ1) is 11.0. The lowest BCUT2D eigenvalue weighted by Gasteiger charge is -2.12. The Kier molecular flexibility index (Phi) is 5.41. The van der Waals surface area contributed by atoms with Crippen molar-refractivity contribution in [1.29, 1.82) is 0 Å². The summed E-state index contributed by atoms with van der Waals surface area (Å²) in [5, 5.41) is 2.33. The summed E-state index contributed by atoms with van der Waals surface area (Å²) in [6.45, 7) is 0. The van der Waals surface area contributed by atoms with Crippen molar-refractivity contribution in [3.8, 4) is 11.5 Å². The lowest BCUT2D eigenvalue weighted by molar-refractivity contribution is 0.0847. The summed E-state index contributed by atoms with van der Waals surface area (Å²) >= 11 is 11.5. The van der Waals surface area contributed by atoms with E-state index in [0.29, 0.717) is 5.75 Å². The van der Waals surface area contributed by atoms with E-state index >= 15 is 0 Å². The minimum absolute atomic E-state index is 0.0501. The van der Waals surface area contributed by atoms with Crippen LogP contribution in [0.25, 0.3) is 0 Å². The average molecular weight is 355 g/mol. The Hall–Kier alpha value is -2.31. The Morgan fingerprint density at radius 2 is 1.70 bits per heavy atom. The summed E-state index contributed by atoms with van der Waals surface area (Å²) in [6, 6.07) is 7.37. The molecule has 1 N–H and O–H groups in total. The molecule has 1 aromatic heterocycles. The van der Waals surface area contributed by atoms with E-state index in [1.165, 1.54) is 32.4 Å². The molecule has 0 spiro atoms. The van der Waals surface area contributed by atoms with Crippen molar-refractivity contribution in [2.45, 2.75) is 0 Å². The van der Waals surface area contributed by atoms with Crippen LogP contribution in [0.4, 0.5) is 0 Å². The van der Waals surface area contributed by atoms with Crippen LogP contribution >= 0.6 is 23.2 Å². The number of halogens is 2. The lowest BCUT2D eigenvalue weighted by Crippen LogP contribution is -2.30. The normalized spacial score (nSPS) is 10.1. The predicted molar refractivity (Wildman–Crippen MR) is 85.6 cm³/mol. The van der Waals surface area contributed by atoms with Crippen molar-refractivity contribution in [2.24, 2.45) is 0 Å². The number of pyridine rings is 1. The first kappa shape index (κ1) is 17.1. The SMILES string of the molecule is COc1cccc(C(=O)NC(=O)c2cc(Cl)nc(Cl)c2)c1OC. The Bertz CT molecular complexity index is 745. The van der Waals surface area contributed by atoms with Crippen LogP contribution in [0.2, 0.25) is 10.3 Å². The molecule has 0 bridgehead atoms. The van der Waals surface area contributed by atoms with Crippen LogP contribution in [0.15, 0.2) is 30.3 Å². The zero-order valence-corrected chi connectivity index (χ0v) is 13.7. The first-order valence-electron chi connectivity index (χ1n) is 6.36. The largest absolute Gasteiger partial charge is 0.493 e. The Balaban J connectivity index is 2.27. The standard InChI is InChI=1S/C15H12Cl2N2O4/c1-22-10-5-3-4-9(13(10)23-2)15(21)19-14(20)8-6-11(16)18-12(17)7-8/h3-7H,1-2H3,(H,19,20,21). The number of nitrogens with one attached hydrogen (secondary N) is 1. The highest BCUT2D eigenvalue weighted by Crippen LogP contribution is 2.30. The van der Waals surface area contributed by atoms with Crippen molar-refractivity contribution in [3.05, 3.63) is 51.8 Å². The van der Waals surface area contributed by atoms with E-state index in [1.807, 2.05) is 0 Å². The maximum atomic E-state index is 12.3. The number of amides is 2. The number of imide groups is 1. The molecule has 0 aliphatic rings. The van der Waals surface area contributed by atoms with Gasteiger partial charge in [0.2, 0.25) is 0 Å². The van der Waals surface area contributed by atoms with Crippen LogP contribution in [-0.2, 0) is 0 Å². The molecule has 8 heteroatoms. The second-order valence-corrected chi connectivity index (χ2v) is 5.10. The molecule has 0 unspecified atom stereocenters. The van der Waals surface area contributed by atoms with Gasteiger partial charge in [-0.05, 0) is 24.3 Å². The molecule has 0 atom stereocenters. The molecule has 6 nitrogen and oxygen atoms in total. The number of ether oxygens (including phenoxy) is 2. The summed E-state index contributed by atoms with van der Waals surface area (Å²) < 4.78 is 10.3. The Morgan fingerprint density at radius 3 is 2.26 bits per heavy atom. The van der Waals surface area contributed by atoms with Crippen molar-refractivity contribution in [3.63, 3.8) is 0 Å². The quantitative estimate of drug-likeness (QED) is 0.674. The highest BCUT2D eigenvalue weighted by Gasteiger charge is 2.19. The number of carbonyl (C=O) groups is 2. The number of aromatic nitrogens is 1. The van der Waals surface area contributed by atoms with Gasteiger partial charge in [0, 0.05) is 5.56 Å². The van der Waals surface area contributed by atoms with Gasteiger partial charge in [-0.2, -0.15) is 0 Å². The molecule has 1 aromatic carbocycles. The number of hydrogen-bond donors (Lipinski definition) is 1. The van der Waals surface area contributed by atoms with E-state index in [1.54, 1.807) is 12.1 Å². The lowest BCUT2D eigenvalue weighted by atomic mass is 10.1. The van der Waals surface area contributed by atoms with Gasteiger partial charge in [-0.15, -0.1) is 0 Å². The summed E-state index contributed by atoms with van der Waals surface area (Å²) in [4.78, 5) is 28.2. The molecule has 0 radical (unpaired) electrons. The summed E-state index contributed by atoms with van der Waals surface area (Å²) in [6.07, 6.45) is 0. The third-order valence-corrected chi connectivity index (χ3v) is 3.29. The van der Waals surface area contributed by atoms with Gasteiger partial charge < -0.3 is 9.47 Å². The molecule has 1 heterocycles. The van der Waals surface area contributed by atoms with Crippen molar-refractivity contribution >= 4 is 35.0 Å². The smallest absolute Gasteiger partial charge is 0.262 e. The minimum atomic E-state index is -0.661. The molecule has 0 aliphatic heterocycles. The predicted octanol–water partition coefficient (Wildman–Crippen LogP) is 2.98. The van der Waals surface area contributed by atoms with Gasteiger partial charge in [-0.3, -0.25) is 14.9 Å². The molecule has 0 fully saturated rings. The van der Waals surface area contributed by atoms with E-state index in [0.717, 1.165) is 0 Å². The maximum Gasteiger partial charge on any atom is 0.262 e. The molecule has 0 saturated carbocycles. The number of carbonyl (C=O) groups excluding carboxylic acids is 2. The van der Waals surface area contributed by atoms with Gasteiger partial charge in [-0.1, -0.05) is 29.3 Å². The van der Waals surface area contributed by atoms with Gasteiger partial charge in [0.1, 0.15) is 10.3 Å². The molecule has 120 valence electrons. The number of methoxy groups -OCH3 is 2. The highest BCUT2D eigenvalue weighted by atomic mass is 35.5. The monoisotopic (exact) mass is 354 g/mol. The molecule has 0 aliphatic carbocycles. The average Bonchev–Trinajstić information content (AvgIpc) is 2.52. The number of hydrogen-bond acceptors (Lipinski definition) is 5. The number of benzene rings is 1. The fraction of sp³-hybridized carbons (Fsp3) is 0.133. The molecule has 2 rings (SSSR count). The maximum absolute atomic E-state index is 12.3. The topological polar surface area (TPSA) is 77.5 Å². The zero-order valence-electron chi connectivity index (χ0n) is 12.2. The van der Waals surface area contributed by atoms with Crippen LogP contribution in [0, 0.1) is 0 Å². The van der Waals surface area contributed by atoms with Gasteiger partial charge >= 0.3 is 0 Å². The van der Waals surface area contributed by atoms with Crippen LogP contribution in [0.1, 0.15) is 20.7 Å². The van der Waals surface area contributed by atoms with E-state index in [9.17, 15) is 9.59 Å². The van der Waals surface area contributed by atoms with E-state index in [-0.39, 0.29) is 27.2 Å². The van der Waals surface area contributed by atoms with Gasteiger partial charge in [0.15, 0.2) is 11.5 Å². The van der Waals surface area contributed by atoms with Crippen LogP contribution in [-0.4, -0.2) is 31.0 Å². The molecule has 23 heavy (non-hydrogen) atoms. The Morgan fingerprint density at radius 1 is 1.04 bits per heavy atom.